The number of hydrogen-bond acceptors (Lipinski definition) is 4. The van der Waals surface area contributed by atoms with Gasteiger partial charge in [0.05, 0.1) is 16.9 Å². The number of aromatic nitrogens is 1. The van der Waals surface area contributed by atoms with Crippen LogP contribution in [-0.4, -0.2) is 10.6 Å². The molecule has 0 fully saturated rings. The summed E-state index contributed by atoms with van der Waals surface area (Å²) in [5.74, 6) is 3.42. The Kier molecular flexibility index (Phi) is 4.89. The summed E-state index contributed by atoms with van der Waals surface area (Å²) < 4.78 is 22.2. The van der Waals surface area contributed by atoms with E-state index < -0.39 is 0 Å². The summed E-state index contributed by atoms with van der Waals surface area (Å²) in [4.78, 5) is 2.42. The van der Waals surface area contributed by atoms with Gasteiger partial charge in [0.25, 0.3) is 0 Å². The van der Waals surface area contributed by atoms with Crippen molar-refractivity contribution in [2.24, 2.45) is 0 Å². The van der Waals surface area contributed by atoms with Crippen LogP contribution >= 0.6 is 0 Å². The minimum atomic E-state index is -0.126. The van der Waals surface area contributed by atoms with Gasteiger partial charge in [-0.05, 0) is 66.1 Å². The van der Waals surface area contributed by atoms with Crippen LogP contribution in [0.4, 0.5) is 11.4 Å². The summed E-state index contributed by atoms with van der Waals surface area (Å²) in [6.45, 7) is 0. The fourth-order valence-electron chi connectivity index (χ4n) is 7.88. The molecule has 3 aliphatic rings. The molecular weight excluding hydrogens is 580 g/mol. The molecule has 0 spiro atoms. The number of benzene rings is 6. The van der Waals surface area contributed by atoms with Crippen molar-refractivity contribution in [3.8, 4) is 34.1 Å². The maximum Gasteiger partial charge on any atom is 0.155 e. The first kappa shape index (κ1) is 25.0. The standard InChI is InChI=1S/C42H26N2O3/c1-2-9-25(10-3-1)26-11-6-12-27(23-26)43(28-19-20-30-29-13-4-5-15-34(29)45-38(30)24-28)33-22-21-32-31-14-7-16-35-39(31)44-40(32)42(33)47-37-18-8-17-36(46-35)41(37)44/h1-21,23-24,33H,22H2. The van der Waals surface area contributed by atoms with Gasteiger partial charge in [0, 0.05) is 38.8 Å². The van der Waals surface area contributed by atoms with E-state index in [0.717, 1.165) is 84.9 Å². The Labute approximate surface area is 269 Å². The number of ether oxygens (including phenoxy) is 2. The Hall–Kier alpha value is -6.20. The molecule has 6 aromatic carbocycles. The van der Waals surface area contributed by atoms with Crippen molar-refractivity contribution < 1.29 is 13.9 Å². The lowest BCUT2D eigenvalue weighted by molar-refractivity contribution is 0.426. The van der Waals surface area contributed by atoms with Crippen LogP contribution in [0.5, 0.6) is 17.2 Å². The smallest absolute Gasteiger partial charge is 0.155 e. The first-order chi connectivity index (χ1) is 23.3. The van der Waals surface area contributed by atoms with Gasteiger partial charge in [-0.25, -0.2) is 0 Å². The number of fused-ring (bicyclic) bond motifs is 4. The third kappa shape index (κ3) is 3.43. The van der Waals surface area contributed by atoms with Crippen molar-refractivity contribution in [2.75, 3.05) is 4.90 Å². The topological polar surface area (TPSA) is 39.8 Å². The van der Waals surface area contributed by atoms with Gasteiger partial charge in [-0.2, -0.15) is 0 Å². The lowest BCUT2D eigenvalue weighted by Gasteiger charge is -2.37. The Balaban J connectivity index is 1.19. The number of para-hydroxylation sites is 3. The summed E-state index contributed by atoms with van der Waals surface area (Å²) in [5.41, 5.74) is 8.28. The number of anilines is 2. The van der Waals surface area contributed by atoms with Gasteiger partial charge in [-0.15, -0.1) is 0 Å². The van der Waals surface area contributed by atoms with Crippen LogP contribution in [0.15, 0.2) is 138 Å². The minimum absolute atomic E-state index is 0.126. The van der Waals surface area contributed by atoms with Gasteiger partial charge < -0.3 is 18.8 Å². The normalized spacial score (nSPS) is 15.4. The van der Waals surface area contributed by atoms with Crippen LogP contribution in [0.2, 0.25) is 0 Å². The molecule has 0 bridgehead atoms. The predicted octanol–water partition coefficient (Wildman–Crippen LogP) is 9.19. The maximum atomic E-state index is 7.00. The number of furan rings is 1. The lowest BCUT2D eigenvalue weighted by Crippen LogP contribution is -2.47. The highest BCUT2D eigenvalue weighted by Crippen LogP contribution is 2.47. The zero-order chi connectivity index (χ0) is 30.6. The largest absolute Gasteiger partial charge is 0.456 e. The molecule has 2 aromatic heterocycles. The van der Waals surface area contributed by atoms with Gasteiger partial charge in [0.1, 0.15) is 16.9 Å². The average Bonchev–Trinajstić information content (AvgIpc) is 3.67. The van der Waals surface area contributed by atoms with Crippen LogP contribution in [0, 0.1) is 0 Å². The van der Waals surface area contributed by atoms with Crippen molar-refractivity contribution in [1.82, 2.24) is 4.57 Å². The molecule has 8 aromatic rings. The lowest BCUT2D eigenvalue weighted by atomic mass is 9.98. The van der Waals surface area contributed by atoms with E-state index in [1.807, 2.05) is 30.3 Å². The van der Waals surface area contributed by atoms with E-state index in [1.54, 1.807) is 0 Å². The molecule has 11 rings (SSSR count). The maximum absolute atomic E-state index is 7.00. The molecule has 5 nitrogen and oxygen atoms in total. The quantitative estimate of drug-likeness (QED) is 0.200. The van der Waals surface area contributed by atoms with E-state index in [2.05, 4.69) is 119 Å². The highest BCUT2D eigenvalue weighted by molar-refractivity contribution is 6.06. The van der Waals surface area contributed by atoms with E-state index in [1.165, 1.54) is 16.2 Å². The Morgan fingerprint density at radius 1 is 0.574 bits per heavy atom. The molecule has 1 atom stereocenters. The van der Waals surface area contributed by atoms with E-state index in [0.29, 0.717) is 0 Å². The van der Waals surface area contributed by atoms with Crippen LogP contribution in [-0.2, 0) is 0 Å². The van der Waals surface area contributed by atoms with Crippen molar-refractivity contribution in [2.45, 2.75) is 12.5 Å². The van der Waals surface area contributed by atoms with Crippen LogP contribution in [0.3, 0.4) is 0 Å². The van der Waals surface area contributed by atoms with Crippen molar-refractivity contribution in [1.29, 1.82) is 0 Å². The molecule has 0 saturated carbocycles. The monoisotopic (exact) mass is 606 g/mol. The van der Waals surface area contributed by atoms with Gasteiger partial charge in [0.15, 0.2) is 23.0 Å². The van der Waals surface area contributed by atoms with Crippen molar-refractivity contribution in [3.63, 3.8) is 0 Å². The molecule has 0 saturated heterocycles. The second kappa shape index (κ2) is 9.18. The molecule has 0 radical (unpaired) electrons. The molecule has 5 heteroatoms. The predicted molar refractivity (Wildman–Crippen MR) is 187 cm³/mol. The molecule has 4 heterocycles. The molecule has 0 amide bonds. The zero-order valence-electron chi connectivity index (χ0n) is 25.2. The zero-order valence-corrected chi connectivity index (χ0v) is 25.2. The fraction of sp³-hybridized carbons (Fsp3) is 0.0476. The first-order valence-electron chi connectivity index (χ1n) is 16.0. The molecule has 47 heavy (non-hydrogen) atoms. The third-order valence-corrected chi connectivity index (χ3v) is 9.88. The van der Waals surface area contributed by atoms with E-state index in [-0.39, 0.29) is 6.04 Å². The fourth-order valence-corrected chi connectivity index (χ4v) is 7.88. The SMILES string of the molecule is C1=c2c3n4c5c(cccc25)Oc2cccc(c2-4)OC=3C(N(c2cccc(-c3ccccc3)c2)c2ccc3c(c2)oc2ccccc23)C1. The summed E-state index contributed by atoms with van der Waals surface area (Å²) in [7, 11) is 0. The highest BCUT2D eigenvalue weighted by atomic mass is 16.5. The number of rotatable bonds is 4. The number of hydrogen-bond donors (Lipinski definition) is 0. The van der Waals surface area contributed by atoms with Crippen LogP contribution in [0.25, 0.3) is 61.5 Å². The van der Waals surface area contributed by atoms with Crippen LogP contribution < -0.4 is 24.9 Å². The van der Waals surface area contributed by atoms with Gasteiger partial charge in [-0.1, -0.05) is 84.9 Å². The first-order valence-corrected chi connectivity index (χ1v) is 16.0. The average molecular weight is 607 g/mol. The van der Waals surface area contributed by atoms with Gasteiger partial charge in [0.2, 0.25) is 0 Å². The Bertz CT molecular complexity index is 2740. The molecular formula is C42H26N2O3. The van der Waals surface area contributed by atoms with Gasteiger partial charge in [-0.3, -0.25) is 4.57 Å². The molecule has 0 N–H and O–H groups in total. The molecule has 222 valence electrons. The number of nitrogens with zero attached hydrogens (tertiary/aromatic N) is 2. The second-order valence-electron chi connectivity index (χ2n) is 12.4. The second-order valence-corrected chi connectivity index (χ2v) is 12.4. The van der Waals surface area contributed by atoms with Crippen LogP contribution in [0.1, 0.15) is 6.42 Å². The van der Waals surface area contributed by atoms with Crippen molar-refractivity contribution in [3.05, 3.63) is 144 Å². The molecule has 1 unspecified atom stereocenters. The van der Waals surface area contributed by atoms with Crippen molar-refractivity contribution >= 4 is 56.1 Å². The Morgan fingerprint density at radius 3 is 2.23 bits per heavy atom. The minimum Gasteiger partial charge on any atom is -0.456 e. The van der Waals surface area contributed by atoms with Gasteiger partial charge >= 0.3 is 0 Å². The summed E-state index contributed by atoms with van der Waals surface area (Å²) >= 11 is 0. The Morgan fingerprint density at radius 2 is 1.30 bits per heavy atom. The van der Waals surface area contributed by atoms with E-state index in [4.69, 9.17) is 13.9 Å². The highest BCUT2D eigenvalue weighted by Gasteiger charge is 2.37. The molecule has 1 aliphatic carbocycles. The summed E-state index contributed by atoms with van der Waals surface area (Å²) in [6.07, 6.45) is 3.14. The summed E-state index contributed by atoms with van der Waals surface area (Å²) in [5, 5.41) is 5.71. The molecule has 2 aliphatic heterocycles. The summed E-state index contributed by atoms with van der Waals surface area (Å²) in [6, 6.07) is 46.5. The third-order valence-electron chi connectivity index (χ3n) is 9.88. The van der Waals surface area contributed by atoms with E-state index >= 15 is 0 Å². The van der Waals surface area contributed by atoms with E-state index in [9.17, 15) is 0 Å².